The summed E-state index contributed by atoms with van der Waals surface area (Å²) < 4.78 is 5.28. The second-order valence-corrected chi connectivity index (χ2v) is 4.93. The van der Waals surface area contributed by atoms with Crippen LogP contribution in [0.3, 0.4) is 0 Å². The van der Waals surface area contributed by atoms with Gasteiger partial charge in [0, 0.05) is 12.4 Å². The van der Waals surface area contributed by atoms with Crippen LogP contribution in [0, 0.1) is 0 Å². The molecule has 1 rings (SSSR count). The molecule has 0 aliphatic heterocycles. The third-order valence-electron chi connectivity index (χ3n) is 2.34. The van der Waals surface area contributed by atoms with Gasteiger partial charge < -0.3 is 10.1 Å². The number of alkyl halides is 1. The second kappa shape index (κ2) is 8.32. The van der Waals surface area contributed by atoms with Crippen LogP contribution in [0.4, 0.5) is 5.82 Å². The van der Waals surface area contributed by atoms with E-state index in [9.17, 15) is 4.79 Å². The molecule has 18 heavy (non-hydrogen) atoms. The average Bonchev–Trinajstić information content (AvgIpc) is 2.39. The number of aromatic nitrogens is 1. The number of anilines is 1. The first-order valence-electron chi connectivity index (χ1n) is 5.73. The molecule has 1 heterocycles. The molecule has 0 saturated heterocycles. The molecule has 6 heteroatoms. The van der Waals surface area contributed by atoms with Crippen molar-refractivity contribution in [1.29, 1.82) is 0 Å². The van der Waals surface area contributed by atoms with Crippen molar-refractivity contribution < 1.29 is 9.53 Å². The van der Waals surface area contributed by atoms with Gasteiger partial charge in [-0.15, -0.1) is 11.6 Å². The van der Waals surface area contributed by atoms with Crippen LogP contribution in [-0.2, 0) is 4.74 Å². The van der Waals surface area contributed by atoms with Crippen molar-refractivity contribution in [2.24, 2.45) is 0 Å². The highest BCUT2D eigenvalue weighted by atomic mass is 79.9. The number of hydrogen-bond donors (Lipinski definition) is 1. The number of carbonyl (C=O) groups excluding carboxylic acids is 1. The van der Waals surface area contributed by atoms with Crippen molar-refractivity contribution in [3.63, 3.8) is 0 Å². The zero-order valence-corrected chi connectivity index (χ0v) is 12.6. The maximum Gasteiger partial charge on any atom is 0.357 e. The monoisotopic (exact) mass is 334 g/mol. The number of nitrogens with zero attached hydrogens (tertiary/aromatic N) is 1. The fourth-order valence-electron chi connectivity index (χ4n) is 1.39. The molecular weight excluding hydrogens is 320 g/mol. The summed E-state index contributed by atoms with van der Waals surface area (Å²) in [7, 11) is 1.34. The van der Waals surface area contributed by atoms with Crippen LogP contribution in [-0.4, -0.2) is 30.5 Å². The normalized spacial score (nSPS) is 10.2. The Morgan fingerprint density at radius 1 is 1.44 bits per heavy atom. The second-order valence-electron chi connectivity index (χ2n) is 3.69. The largest absolute Gasteiger partial charge is 0.464 e. The van der Waals surface area contributed by atoms with Crippen molar-refractivity contribution in [2.45, 2.75) is 19.3 Å². The Kier molecular flexibility index (Phi) is 7.05. The first-order valence-corrected chi connectivity index (χ1v) is 7.06. The molecule has 100 valence electrons. The first kappa shape index (κ1) is 15.2. The molecule has 0 atom stereocenters. The summed E-state index contributed by atoms with van der Waals surface area (Å²) in [4.78, 5) is 15.6. The van der Waals surface area contributed by atoms with Crippen molar-refractivity contribution in [3.8, 4) is 0 Å². The molecule has 0 aromatic carbocycles. The number of halogens is 2. The molecule has 0 bridgehead atoms. The molecule has 0 saturated carbocycles. The number of esters is 1. The van der Waals surface area contributed by atoms with Crippen LogP contribution >= 0.6 is 27.5 Å². The molecule has 1 N–H and O–H groups in total. The van der Waals surface area contributed by atoms with Crippen LogP contribution in [0.2, 0.25) is 0 Å². The summed E-state index contributed by atoms with van der Waals surface area (Å²) >= 11 is 8.87. The number of pyridine rings is 1. The van der Waals surface area contributed by atoms with Gasteiger partial charge >= 0.3 is 5.97 Å². The Bertz CT molecular complexity index is 402. The molecule has 0 unspecified atom stereocenters. The van der Waals surface area contributed by atoms with Gasteiger partial charge in [-0.3, -0.25) is 0 Å². The topological polar surface area (TPSA) is 51.2 Å². The van der Waals surface area contributed by atoms with Gasteiger partial charge in [0.05, 0.1) is 11.6 Å². The van der Waals surface area contributed by atoms with Crippen LogP contribution in [0.15, 0.2) is 16.6 Å². The van der Waals surface area contributed by atoms with Crippen LogP contribution in [0.25, 0.3) is 0 Å². The Balaban J connectivity index is 2.54. The lowest BCUT2D eigenvalue weighted by atomic mass is 10.2. The van der Waals surface area contributed by atoms with Crippen molar-refractivity contribution in [1.82, 2.24) is 4.98 Å². The lowest BCUT2D eigenvalue weighted by molar-refractivity contribution is 0.0593. The minimum absolute atomic E-state index is 0.281. The summed E-state index contributed by atoms with van der Waals surface area (Å²) in [6, 6.07) is 3.60. The maximum absolute atomic E-state index is 11.4. The Morgan fingerprint density at radius 3 is 2.89 bits per heavy atom. The smallest absolute Gasteiger partial charge is 0.357 e. The predicted molar refractivity (Wildman–Crippen MR) is 76.3 cm³/mol. The molecule has 4 nitrogen and oxygen atoms in total. The number of carbonyl (C=O) groups is 1. The fraction of sp³-hybridized carbons (Fsp3) is 0.500. The van der Waals surface area contributed by atoms with E-state index >= 15 is 0 Å². The molecule has 0 fully saturated rings. The molecular formula is C12H16BrClN2O2. The van der Waals surface area contributed by atoms with Crippen molar-refractivity contribution in [3.05, 3.63) is 22.3 Å². The molecule has 0 spiro atoms. The number of ether oxygens (including phenoxy) is 1. The summed E-state index contributed by atoms with van der Waals surface area (Å²) in [6.07, 6.45) is 3.12. The minimum atomic E-state index is -0.451. The summed E-state index contributed by atoms with van der Waals surface area (Å²) in [6.45, 7) is 0.812. The summed E-state index contributed by atoms with van der Waals surface area (Å²) in [5.41, 5.74) is 0.281. The van der Waals surface area contributed by atoms with E-state index in [1.165, 1.54) is 7.11 Å². The number of hydrogen-bond acceptors (Lipinski definition) is 4. The van der Waals surface area contributed by atoms with Gasteiger partial charge in [0.1, 0.15) is 5.82 Å². The van der Waals surface area contributed by atoms with Gasteiger partial charge in [-0.2, -0.15) is 0 Å². The van der Waals surface area contributed by atoms with E-state index < -0.39 is 5.97 Å². The Hall–Kier alpha value is -0.810. The molecule has 1 aromatic heterocycles. The van der Waals surface area contributed by atoms with Crippen LogP contribution in [0.5, 0.6) is 0 Å². The SMILES string of the molecule is COC(=O)c1nc(NCCCCCCl)ccc1Br. The van der Waals surface area contributed by atoms with E-state index in [4.69, 9.17) is 11.6 Å². The van der Waals surface area contributed by atoms with Gasteiger partial charge in [0.25, 0.3) is 0 Å². The zero-order valence-electron chi connectivity index (χ0n) is 10.2. The summed E-state index contributed by atoms with van der Waals surface area (Å²) in [5.74, 6) is 0.917. The van der Waals surface area contributed by atoms with Crippen LogP contribution < -0.4 is 5.32 Å². The van der Waals surface area contributed by atoms with Crippen molar-refractivity contribution >= 4 is 39.3 Å². The van der Waals surface area contributed by atoms with E-state index in [1.807, 2.05) is 6.07 Å². The van der Waals surface area contributed by atoms with Crippen LogP contribution in [0.1, 0.15) is 29.8 Å². The highest BCUT2D eigenvalue weighted by molar-refractivity contribution is 9.10. The molecule has 0 radical (unpaired) electrons. The third kappa shape index (κ3) is 4.82. The Morgan fingerprint density at radius 2 is 2.22 bits per heavy atom. The quantitative estimate of drug-likeness (QED) is 0.471. The van der Waals surface area contributed by atoms with E-state index in [0.29, 0.717) is 16.2 Å². The third-order valence-corrected chi connectivity index (χ3v) is 3.25. The highest BCUT2D eigenvalue weighted by Crippen LogP contribution is 2.18. The van der Waals surface area contributed by atoms with E-state index in [-0.39, 0.29) is 5.69 Å². The number of rotatable bonds is 7. The number of nitrogens with one attached hydrogen (secondary N) is 1. The van der Waals surface area contributed by atoms with E-state index in [0.717, 1.165) is 25.8 Å². The number of unbranched alkanes of at least 4 members (excludes halogenated alkanes) is 2. The van der Waals surface area contributed by atoms with Gasteiger partial charge in [-0.1, -0.05) is 6.42 Å². The van der Waals surface area contributed by atoms with Gasteiger partial charge in [0.15, 0.2) is 5.69 Å². The van der Waals surface area contributed by atoms with Crippen molar-refractivity contribution in [2.75, 3.05) is 24.9 Å². The predicted octanol–water partition coefficient (Wildman–Crippen LogP) is 3.45. The first-order chi connectivity index (χ1) is 8.69. The van der Waals surface area contributed by atoms with Gasteiger partial charge in [-0.25, -0.2) is 9.78 Å². The summed E-state index contributed by atoms with van der Waals surface area (Å²) in [5, 5.41) is 3.17. The van der Waals surface area contributed by atoms with Gasteiger partial charge in [0.2, 0.25) is 0 Å². The molecule has 0 amide bonds. The lowest BCUT2D eigenvalue weighted by Crippen LogP contribution is -2.09. The van der Waals surface area contributed by atoms with E-state index in [2.05, 4.69) is 31.0 Å². The molecule has 0 aliphatic carbocycles. The average molecular weight is 336 g/mol. The highest BCUT2D eigenvalue weighted by Gasteiger charge is 2.12. The molecule has 0 aliphatic rings. The fourth-order valence-corrected chi connectivity index (χ4v) is 1.96. The Labute approximate surface area is 120 Å². The number of methoxy groups -OCH3 is 1. The van der Waals surface area contributed by atoms with Gasteiger partial charge in [-0.05, 0) is 40.9 Å². The minimum Gasteiger partial charge on any atom is -0.464 e. The molecule has 1 aromatic rings. The van der Waals surface area contributed by atoms with E-state index in [1.54, 1.807) is 6.07 Å². The standard InChI is InChI=1S/C12H16BrClN2O2/c1-18-12(17)11-9(13)5-6-10(16-11)15-8-4-2-3-7-14/h5-6H,2-4,7-8H2,1H3,(H,15,16). The maximum atomic E-state index is 11.4. The zero-order chi connectivity index (χ0) is 13.4. The lowest BCUT2D eigenvalue weighted by Gasteiger charge is -2.07.